The van der Waals surface area contributed by atoms with Crippen molar-refractivity contribution in [2.45, 2.75) is 32.7 Å². The molecule has 1 fully saturated rings. The molecule has 2 rings (SSSR count). The van der Waals surface area contributed by atoms with Gasteiger partial charge in [-0.1, -0.05) is 11.6 Å². The van der Waals surface area contributed by atoms with E-state index in [0.717, 1.165) is 12.8 Å². The minimum atomic E-state index is -0.506. The highest BCUT2D eigenvalue weighted by Gasteiger charge is 2.29. The number of ether oxygens (including phenoxy) is 2. The van der Waals surface area contributed by atoms with E-state index in [-0.39, 0.29) is 24.2 Å². The van der Waals surface area contributed by atoms with Crippen LogP contribution in [0.5, 0.6) is 0 Å². The number of nitrogens with one attached hydrogen (secondary N) is 1. The normalized spacial score (nSPS) is 17.0. The summed E-state index contributed by atoms with van der Waals surface area (Å²) in [5, 5.41) is 3.11. The average molecular weight is 355 g/mol. The molecule has 0 spiro atoms. The molecular weight excluding hydrogens is 332 g/mol. The molecule has 0 aromatic heterocycles. The van der Waals surface area contributed by atoms with Gasteiger partial charge in [0, 0.05) is 18.8 Å². The summed E-state index contributed by atoms with van der Waals surface area (Å²) in [5.41, 5.74) is 0.748. The Hall–Kier alpha value is -1.79. The van der Waals surface area contributed by atoms with Crippen LogP contribution < -0.4 is 5.32 Å². The van der Waals surface area contributed by atoms with Gasteiger partial charge >= 0.3 is 12.0 Å². The number of amides is 2. The Balaban J connectivity index is 2.06. The summed E-state index contributed by atoms with van der Waals surface area (Å²) in [6, 6.07) is 4.66. The number of halogens is 1. The molecule has 1 saturated heterocycles. The smallest absolute Gasteiger partial charge is 0.339 e. The fraction of sp³-hybridized carbons (Fsp3) is 0.529. The molecule has 6 nitrogen and oxygen atoms in total. The second-order valence-electron chi connectivity index (χ2n) is 5.49. The van der Waals surface area contributed by atoms with Crippen molar-refractivity contribution in [3.05, 3.63) is 28.8 Å². The van der Waals surface area contributed by atoms with Gasteiger partial charge in [-0.3, -0.25) is 0 Å². The largest absolute Gasteiger partial charge is 0.462 e. The van der Waals surface area contributed by atoms with E-state index in [9.17, 15) is 9.59 Å². The van der Waals surface area contributed by atoms with Crippen LogP contribution in [-0.2, 0) is 9.47 Å². The zero-order valence-corrected chi connectivity index (χ0v) is 14.8. The van der Waals surface area contributed by atoms with Crippen LogP contribution in [-0.4, -0.2) is 49.3 Å². The number of carbonyl (C=O) groups excluding carboxylic acids is 2. The standard InChI is InChI=1S/C17H23ClN2O4/c1-3-23-11-13-6-5-9-20(13)17(22)19-12-7-8-15(18)14(10-12)16(21)24-4-2/h7-8,10,13H,3-6,9,11H2,1-2H3,(H,19,22)/t13-/m1/s1. The van der Waals surface area contributed by atoms with Crippen LogP contribution in [0.4, 0.5) is 10.5 Å². The van der Waals surface area contributed by atoms with Gasteiger partial charge in [0.1, 0.15) is 0 Å². The van der Waals surface area contributed by atoms with Gasteiger partial charge in [0.05, 0.1) is 29.8 Å². The highest BCUT2D eigenvalue weighted by molar-refractivity contribution is 6.33. The van der Waals surface area contributed by atoms with Crippen molar-refractivity contribution < 1.29 is 19.1 Å². The number of anilines is 1. The number of hydrogen-bond donors (Lipinski definition) is 1. The van der Waals surface area contributed by atoms with E-state index in [1.807, 2.05) is 6.92 Å². The Morgan fingerprint density at radius 2 is 2.12 bits per heavy atom. The number of likely N-dealkylation sites (tertiary alicyclic amines) is 1. The summed E-state index contributed by atoms with van der Waals surface area (Å²) >= 11 is 6.03. The first kappa shape index (κ1) is 18.5. The summed E-state index contributed by atoms with van der Waals surface area (Å²) in [7, 11) is 0. The molecule has 0 saturated carbocycles. The maximum atomic E-state index is 12.5. The molecule has 1 aliphatic heterocycles. The molecule has 0 aliphatic carbocycles. The van der Waals surface area contributed by atoms with Gasteiger partial charge in [0.25, 0.3) is 0 Å². The molecular formula is C17H23ClN2O4. The van der Waals surface area contributed by atoms with Crippen molar-refractivity contribution in [1.82, 2.24) is 4.90 Å². The van der Waals surface area contributed by atoms with Gasteiger partial charge < -0.3 is 19.7 Å². The van der Waals surface area contributed by atoms with Crippen molar-refractivity contribution in [3.8, 4) is 0 Å². The lowest BCUT2D eigenvalue weighted by Crippen LogP contribution is -2.41. The van der Waals surface area contributed by atoms with Crippen molar-refractivity contribution in [2.75, 3.05) is 31.7 Å². The maximum Gasteiger partial charge on any atom is 0.339 e. The Morgan fingerprint density at radius 1 is 1.33 bits per heavy atom. The summed E-state index contributed by atoms with van der Waals surface area (Å²) in [6.45, 7) is 5.79. The zero-order valence-electron chi connectivity index (χ0n) is 14.0. The van der Waals surface area contributed by atoms with Gasteiger partial charge in [0.2, 0.25) is 0 Å². The van der Waals surface area contributed by atoms with Gasteiger partial charge in [-0.2, -0.15) is 0 Å². The minimum Gasteiger partial charge on any atom is -0.462 e. The molecule has 0 radical (unpaired) electrons. The monoisotopic (exact) mass is 354 g/mol. The van der Waals surface area contributed by atoms with Crippen molar-refractivity contribution in [2.24, 2.45) is 0 Å². The van der Waals surface area contributed by atoms with E-state index in [1.54, 1.807) is 24.0 Å². The van der Waals surface area contributed by atoms with Crippen LogP contribution in [0.25, 0.3) is 0 Å². The Morgan fingerprint density at radius 3 is 2.83 bits per heavy atom. The molecule has 1 aromatic carbocycles. The predicted molar refractivity (Wildman–Crippen MR) is 92.6 cm³/mol. The minimum absolute atomic E-state index is 0.0850. The maximum absolute atomic E-state index is 12.5. The van der Waals surface area contributed by atoms with E-state index >= 15 is 0 Å². The highest BCUT2D eigenvalue weighted by Crippen LogP contribution is 2.23. The summed E-state index contributed by atoms with van der Waals surface area (Å²) in [5.74, 6) is -0.506. The van der Waals surface area contributed by atoms with Crippen LogP contribution in [0, 0.1) is 0 Å². The van der Waals surface area contributed by atoms with E-state index in [1.165, 1.54) is 6.07 Å². The number of carbonyl (C=O) groups is 2. The molecule has 132 valence electrons. The molecule has 24 heavy (non-hydrogen) atoms. The molecule has 0 bridgehead atoms. The average Bonchev–Trinajstić information content (AvgIpc) is 3.03. The Kier molecular flexibility index (Phi) is 6.87. The fourth-order valence-electron chi connectivity index (χ4n) is 2.69. The number of esters is 1. The van der Waals surface area contributed by atoms with Crippen molar-refractivity contribution in [3.63, 3.8) is 0 Å². The topological polar surface area (TPSA) is 67.9 Å². The van der Waals surface area contributed by atoms with E-state index < -0.39 is 5.97 Å². The second kappa shape index (κ2) is 8.89. The molecule has 1 N–H and O–H groups in total. The first-order valence-electron chi connectivity index (χ1n) is 8.18. The van der Waals surface area contributed by atoms with Crippen molar-refractivity contribution >= 4 is 29.3 Å². The molecule has 2 amide bonds. The van der Waals surface area contributed by atoms with Crippen LogP contribution in [0.2, 0.25) is 5.02 Å². The van der Waals surface area contributed by atoms with Gasteiger partial charge in [-0.05, 0) is 44.9 Å². The predicted octanol–water partition coefficient (Wildman–Crippen LogP) is 3.55. The number of urea groups is 1. The van der Waals surface area contributed by atoms with Crippen LogP contribution in [0.3, 0.4) is 0 Å². The molecule has 1 aliphatic rings. The third-order valence-electron chi connectivity index (χ3n) is 3.87. The highest BCUT2D eigenvalue weighted by atomic mass is 35.5. The van der Waals surface area contributed by atoms with E-state index in [2.05, 4.69) is 5.32 Å². The van der Waals surface area contributed by atoms with Gasteiger partial charge in [-0.25, -0.2) is 9.59 Å². The Labute approximate surface area is 147 Å². The number of rotatable bonds is 6. The Bertz CT molecular complexity index is 594. The lowest BCUT2D eigenvalue weighted by atomic mass is 10.2. The van der Waals surface area contributed by atoms with Crippen LogP contribution in [0.15, 0.2) is 18.2 Å². The number of nitrogens with zero attached hydrogens (tertiary/aromatic N) is 1. The number of benzene rings is 1. The van der Waals surface area contributed by atoms with Gasteiger partial charge in [0.15, 0.2) is 0 Å². The first-order valence-corrected chi connectivity index (χ1v) is 8.56. The first-order chi connectivity index (χ1) is 11.6. The fourth-order valence-corrected chi connectivity index (χ4v) is 2.89. The van der Waals surface area contributed by atoms with Crippen LogP contribution >= 0.6 is 11.6 Å². The molecule has 7 heteroatoms. The van der Waals surface area contributed by atoms with E-state index in [0.29, 0.717) is 30.5 Å². The molecule has 1 aromatic rings. The van der Waals surface area contributed by atoms with Gasteiger partial charge in [-0.15, -0.1) is 0 Å². The third-order valence-corrected chi connectivity index (χ3v) is 4.19. The lowest BCUT2D eigenvalue weighted by molar-refractivity contribution is 0.0526. The second-order valence-corrected chi connectivity index (χ2v) is 5.90. The quantitative estimate of drug-likeness (QED) is 0.793. The van der Waals surface area contributed by atoms with Crippen LogP contribution in [0.1, 0.15) is 37.0 Å². The lowest BCUT2D eigenvalue weighted by Gasteiger charge is -2.24. The third kappa shape index (κ3) is 4.61. The van der Waals surface area contributed by atoms with Crippen molar-refractivity contribution in [1.29, 1.82) is 0 Å². The zero-order chi connectivity index (χ0) is 17.5. The van der Waals surface area contributed by atoms with E-state index in [4.69, 9.17) is 21.1 Å². The molecule has 1 atom stereocenters. The number of hydrogen-bond acceptors (Lipinski definition) is 4. The summed E-state index contributed by atoms with van der Waals surface area (Å²) < 4.78 is 10.4. The summed E-state index contributed by atoms with van der Waals surface area (Å²) in [6.07, 6.45) is 1.89. The summed E-state index contributed by atoms with van der Waals surface area (Å²) in [4.78, 5) is 26.1. The SMILES string of the molecule is CCOC[C@H]1CCCN1C(=O)Nc1ccc(Cl)c(C(=O)OCC)c1. The molecule has 1 heterocycles. The molecule has 0 unspecified atom stereocenters.